The first-order chi connectivity index (χ1) is 8.81. The van der Waals surface area contributed by atoms with Gasteiger partial charge in [-0.3, -0.25) is 9.59 Å². The molecule has 0 aliphatic rings. The molecule has 0 spiro atoms. The van der Waals surface area contributed by atoms with Crippen molar-refractivity contribution < 1.29 is 14.7 Å². The Morgan fingerprint density at radius 3 is 2.53 bits per heavy atom. The van der Waals surface area contributed by atoms with Gasteiger partial charge in [-0.25, -0.2) is 4.79 Å². The van der Waals surface area contributed by atoms with Crippen LogP contribution >= 0.6 is 0 Å². The van der Waals surface area contributed by atoms with Crippen LogP contribution in [0.2, 0.25) is 0 Å². The third-order valence-electron chi connectivity index (χ3n) is 2.61. The first kappa shape index (κ1) is 14.9. The molecule has 0 radical (unpaired) electrons. The molecule has 19 heavy (non-hydrogen) atoms. The number of hydrogen-bond acceptors (Lipinski definition) is 3. The predicted molar refractivity (Wildman–Crippen MR) is 70.1 cm³/mol. The van der Waals surface area contributed by atoms with Crippen molar-refractivity contribution in [3.05, 3.63) is 33.7 Å². The van der Waals surface area contributed by atoms with E-state index in [9.17, 15) is 14.4 Å². The number of hydrogen-bond donors (Lipinski definition) is 3. The fourth-order valence-corrected chi connectivity index (χ4v) is 1.68. The number of aromatic amines is 1. The summed E-state index contributed by atoms with van der Waals surface area (Å²) in [5.41, 5.74) is 0.126. The number of aromatic nitrogens is 1. The predicted octanol–water partition coefficient (Wildman–Crippen LogP) is 0.912. The van der Waals surface area contributed by atoms with Crippen LogP contribution in [0.5, 0.6) is 0 Å². The van der Waals surface area contributed by atoms with Crippen molar-refractivity contribution in [3.63, 3.8) is 0 Å². The van der Waals surface area contributed by atoms with Gasteiger partial charge < -0.3 is 15.4 Å². The summed E-state index contributed by atoms with van der Waals surface area (Å²) in [7, 11) is 0. The van der Waals surface area contributed by atoms with Gasteiger partial charge >= 0.3 is 5.97 Å². The molecule has 1 amide bonds. The average molecular weight is 266 g/mol. The quantitative estimate of drug-likeness (QED) is 0.737. The molecule has 0 aromatic carbocycles. The maximum atomic E-state index is 11.9. The Balaban J connectivity index is 2.88. The monoisotopic (exact) mass is 266 g/mol. The number of rotatable bonds is 5. The largest absolute Gasteiger partial charge is 0.480 e. The summed E-state index contributed by atoms with van der Waals surface area (Å²) in [5, 5.41) is 11.4. The summed E-state index contributed by atoms with van der Waals surface area (Å²) in [4.78, 5) is 37.3. The molecule has 1 aromatic rings. The van der Waals surface area contributed by atoms with Crippen molar-refractivity contribution in [3.8, 4) is 0 Å². The number of aliphatic carboxylic acids is 1. The molecular weight excluding hydrogens is 248 g/mol. The van der Waals surface area contributed by atoms with Crippen molar-refractivity contribution in [1.82, 2.24) is 10.3 Å². The minimum Gasteiger partial charge on any atom is -0.480 e. The summed E-state index contributed by atoms with van der Waals surface area (Å²) < 4.78 is 0. The van der Waals surface area contributed by atoms with Crippen molar-refractivity contribution in [2.75, 3.05) is 0 Å². The standard InChI is InChI=1S/C13H18N2O4/c1-7(2)4-10(13(18)19)15-12(17)9-6-14-8(3)5-11(9)16/h5-7,10H,4H2,1-3H3,(H,14,16)(H,15,17)(H,18,19). The molecule has 6 nitrogen and oxygen atoms in total. The molecule has 0 aliphatic carbocycles. The molecule has 3 N–H and O–H groups in total. The minimum absolute atomic E-state index is 0.0828. The molecule has 0 saturated carbocycles. The zero-order valence-corrected chi connectivity index (χ0v) is 11.2. The Labute approximate surface area is 110 Å². The lowest BCUT2D eigenvalue weighted by Crippen LogP contribution is -2.43. The smallest absolute Gasteiger partial charge is 0.326 e. The van der Waals surface area contributed by atoms with Gasteiger partial charge in [0.15, 0.2) is 5.43 Å². The zero-order chi connectivity index (χ0) is 14.6. The van der Waals surface area contributed by atoms with E-state index in [-0.39, 0.29) is 11.5 Å². The fourth-order valence-electron chi connectivity index (χ4n) is 1.68. The molecule has 0 bridgehead atoms. The van der Waals surface area contributed by atoms with Crippen LogP contribution in [0.3, 0.4) is 0 Å². The van der Waals surface area contributed by atoms with Gasteiger partial charge in [-0.1, -0.05) is 13.8 Å². The Morgan fingerprint density at radius 2 is 2.05 bits per heavy atom. The lowest BCUT2D eigenvalue weighted by atomic mass is 10.0. The molecule has 1 atom stereocenters. The van der Waals surface area contributed by atoms with Gasteiger partial charge in [-0.15, -0.1) is 0 Å². The van der Waals surface area contributed by atoms with Crippen LogP contribution in [0.15, 0.2) is 17.1 Å². The van der Waals surface area contributed by atoms with Gasteiger partial charge in [0.1, 0.15) is 11.6 Å². The second kappa shape index (κ2) is 6.17. The van der Waals surface area contributed by atoms with Crippen LogP contribution in [-0.4, -0.2) is 28.0 Å². The van der Waals surface area contributed by atoms with Crippen LogP contribution in [0, 0.1) is 12.8 Å². The normalized spacial score (nSPS) is 12.2. The zero-order valence-electron chi connectivity index (χ0n) is 11.2. The Hall–Kier alpha value is -2.11. The lowest BCUT2D eigenvalue weighted by molar-refractivity contribution is -0.139. The van der Waals surface area contributed by atoms with Gasteiger partial charge in [0.2, 0.25) is 0 Å². The summed E-state index contributed by atoms with van der Waals surface area (Å²) in [6, 6.07) is 0.306. The maximum absolute atomic E-state index is 11.9. The third kappa shape index (κ3) is 4.24. The van der Waals surface area contributed by atoms with Gasteiger partial charge in [-0.05, 0) is 19.3 Å². The molecule has 1 rings (SSSR count). The summed E-state index contributed by atoms with van der Waals surface area (Å²) in [6.45, 7) is 5.42. The van der Waals surface area contributed by atoms with Crippen LogP contribution < -0.4 is 10.7 Å². The molecule has 0 aliphatic heterocycles. The highest BCUT2D eigenvalue weighted by molar-refractivity contribution is 5.96. The van der Waals surface area contributed by atoms with Gasteiger partial charge in [0.05, 0.1) is 0 Å². The van der Waals surface area contributed by atoms with E-state index >= 15 is 0 Å². The highest BCUT2D eigenvalue weighted by Crippen LogP contribution is 2.05. The molecule has 0 saturated heterocycles. The highest BCUT2D eigenvalue weighted by Gasteiger charge is 2.22. The van der Waals surface area contributed by atoms with Gasteiger partial charge in [-0.2, -0.15) is 0 Å². The van der Waals surface area contributed by atoms with Gasteiger partial charge in [0, 0.05) is 18.0 Å². The average Bonchev–Trinajstić information content (AvgIpc) is 2.26. The number of carboxylic acids is 1. The van der Waals surface area contributed by atoms with Crippen LogP contribution in [0.4, 0.5) is 0 Å². The van der Waals surface area contributed by atoms with E-state index < -0.39 is 23.3 Å². The lowest BCUT2D eigenvalue weighted by Gasteiger charge is -2.16. The Morgan fingerprint density at radius 1 is 1.42 bits per heavy atom. The summed E-state index contributed by atoms with van der Waals surface area (Å²) >= 11 is 0. The van der Waals surface area contributed by atoms with Crippen molar-refractivity contribution >= 4 is 11.9 Å². The second-order valence-corrected chi connectivity index (χ2v) is 4.89. The number of pyridine rings is 1. The second-order valence-electron chi connectivity index (χ2n) is 4.89. The highest BCUT2D eigenvalue weighted by atomic mass is 16.4. The summed E-state index contributed by atoms with van der Waals surface area (Å²) in [6.07, 6.45) is 1.60. The first-order valence-electron chi connectivity index (χ1n) is 6.04. The Bertz CT molecular complexity index is 534. The van der Waals surface area contributed by atoms with E-state index in [0.717, 1.165) is 0 Å². The molecule has 0 fully saturated rings. The number of amides is 1. The maximum Gasteiger partial charge on any atom is 0.326 e. The van der Waals surface area contributed by atoms with Crippen LogP contribution in [0.25, 0.3) is 0 Å². The molecular formula is C13H18N2O4. The SMILES string of the molecule is Cc1cc(=O)c(C(=O)NC(CC(C)C)C(=O)O)c[nH]1. The number of carbonyl (C=O) groups excluding carboxylic acids is 1. The van der Waals surface area contributed by atoms with Gasteiger partial charge in [0.25, 0.3) is 5.91 Å². The molecule has 104 valence electrons. The van der Waals surface area contributed by atoms with Crippen LogP contribution in [-0.2, 0) is 4.79 Å². The first-order valence-corrected chi connectivity index (χ1v) is 6.04. The molecule has 1 aromatic heterocycles. The van der Waals surface area contributed by atoms with Crippen molar-refractivity contribution in [1.29, 1.82) is 0 Å². The van der Waals surface area contributed by atoms with E-state index in [1.807, 2.05) is 13.8 Å². The number of carboxylic acid groups (broad SMARTS) is 1. The molecule has 6 heteroatoms. The number of carbonyl (C=O) groups is 2. The fraction of sp³-hybridized carbons (Fsp3) is 0.462. The number of H-pyrrole nitrogens is 1. The van der Waals surface area contributed by atoms with Crippen LogP contribution in [0.1, 0.15) is 36.3 Å². The summed E-state index contributed by atoms with van der Waals surface area (Å²) in [5.74, 6) is -1.66. The van der Waals surface area contributed by atoms with E-state index in [1.165, 1.54) is 12.3 Å². The molecule has 1 heterocycles. The number of nitrogens with one attached hydrogen (secondary N) is 2. The van der Waals surface area contributed by atoms with E-state index in [1.54, 1.807) is 6.92 Å². The van der Waals surface area contributed by atoms with Crippen molar-refractivity contribution in [2.45, 2.75) is 33.2 Å². The van der Waals surface area contributed by atoms with E-state index in [2.05, 4.69) is 10.3 Å². The molecule has 1 unspecified atom stereocenters. The topological polar surface area (TPSA) is 99.3 Å². The van der Waals surface area contributed by atoms with E-state index in [0.29, 0.717) is 12.1 Å². The van der Waals surface area contributed by atoms with E-state index in [4.69, 9.17) is 5.11 Å². The van der Waals surface area contributed by atoms with Crippen molar-refractivity contribution in [2.24, 2.45) is 5.92 Å². The third-order valence-corrected chi connectivity index (χ3v) is 2.61. The minimum atomic E-state index is -1.11. The number of aryl methyl sites for hydroxylation is 1. The Kier molecular flexibility index (Phi) is 4.86.